The van der Waals surface area contributed by atoms with Gasteiger partial charge in [-0.3, -0.25) is 9.69 Å². The van der Waals surface area contributed by atoms with Crippen molar-refractivity contribution in [3.8, 4) is 0 Å². The van der Waals surface area contributed by atoms with Gasteiger partial charge in [-0.05, 0) is 74.3 Å². The monoisotopic (exact) mass is 475 g/mol. The minimum absolute atomic E-state index is 0.0192. The molecule has 2 unspecified atom stereocenters. The van der Waals surface area contributed by atoms with Crippen molar-refractivity contribution in [2.75, 3.05) is 5.32 Å². The molecule has 5 rings (SSSR count). The van der Waals surface area contributed by atoms with Gasteiger partial charge in [0.15, 0.2) is 0 Å². The molecule has 2 saturated heterocycles. The zero-order chi connectivity index (χ0) is 24.0. The van der Waals surface area contributed by atoms with Crippen molar-refractivity contribution in [2.45, 2.75) is 89.1 Å². The van der Waals surface area contributed by atoms with Crippen LogP contribution in [0.1, 0.15) is 69.4 Å². The van der Waals surface area contributed by atoms with Crippen LogP contribution in [0.5, 0.6) is 0 Å². The maximum absolute atomic E-state index is 14.1. The van der Waals surface area contributed by atoms with E-state index < -0.39 is 17.7 Å². The van der Waals surface area contributed by atoms with Gasteiger partial charge in [-0.15, -0.1) is 0 Å². The maximum Gasteiger partial charge on any atom is 0.420 e. The van der Waals surface area contributed by atoms with E-state index in [9.17, 15) is 23.1 Å². The Balaban J connectivity index is 1.39. The van der Waals surface area contributed by atoms with Crippen LogP contribution >= 0.6 is 0 Å². The van der Waals surface area contributed by atoms with E-state index in [1.807, 2.05) is 6.07 Å². The molecule has 2 bridgehead atoms. The lowest BCUT2D eigenvalue weighted by Gasteiger charge is -2.37. The predicted octanol–water partition coefficient (Wildman–Crippen LogP) is 6.07. The number of aromatic nitrogens is 1. The van der Waals surface area contributed by atoms with Crippen molar-refractivity contribution in [3.63, 3.8) is 0 Å². The Labute approximate surface area is 197 Å². The highest BCUT2D eigenvalue weighted by atomic mass is 19.4. The normalized spacial score (nSPS) is 29.9. The molecule has 3 heterocycles. The summed E-state index contributed by atoms with van der Waals surface area (Å²) in [5.41, 5.74) is 0.257. The largest absolute Gasteiger partial charge is 0.481 e. The number of aliphatic carboxylic acids is 1. The van der Waals surface area contributed by atoms with Crippen molar-refractivity contribution in [1.82, 2.24) is 9.88 Å². The number of nitrogens with zero attached hydrogens (tertiary/aromatic N) is 2. The van der Waals surface area contributed by atoms with Gasteiger partial charge in [-0.25, -0.2) is 4.98 Å². The van der Waals surface area contributed by atoms with Crippen LogP contribution in [0.3, 0.4) is 0 Å². The van der Waals surface area contributed by atoms with E-state index in [0.717, 1.165) is 44.1 Å². The molecule has 2 aromatic rings. The van der Waals surface area contributed by atoms with Crippen LogP contribution in [-0.2, 0) is 17.5 Å². The van der Waals surface area contributed by atoms with Gasteiger partial charge in [0.25, 0.3) is 0 Å². The molecule has 0 spiro atoms. The molecular formula is C26H32F3N3O2. The number of alkyl halides is 3. The summed E-state index contributed by atoms with van der Waals surface area (Å²) in [6.07, 6.45) is 4.05. The van der Waals surface area contributed by atoms with Crippen molar-refractivity contribution in [2.24, 2.45) is 11.8 Å². The van der Waals surface area contributed by atoms with Gasteiger partial charge in [-0.1, -0.05) is 19.1 Å². The molecule has 0 amide bonds. The van der Waals surface area contributed by atoms with E-state index in [4.69, 9.17) is 0 Å². The molecule has 2 N–H and O–H groups in total. The number of anilines is 1. The number of carboxylic acids is 1. The summed E-state index contributed by atoms with van der Waals surface area (Å²) in [5.74, 6) is -0.461. The summed E-state index contributed by atoms with van der Waals surface area (Å²) in [4.78, 5) is 18.0. The summed E-state index contributed by atoms with van der Waals surface area (Å²) in [5, 5.41) is 13.2. The highest BCUT2D eigenvalue weighted by molar-refractivity contribution is 5.89. The fourth-order valence-electron chi connectivity index (χ4n) is 6.31. The van der Waals surface area contributed by atoms with E-state index in [0.29, 0.717) is 30.7 Å². The molecule has 184 valence electrons. The van der Waals surface area contributed by atoms with Crippen LogP contribution in [0.4, 0.5) is 19.0 Å². The molecular weight excluding hydrogens is 443 g/mol. The number of hydrogen-bond donors (Lipinski definition) is 2. The van der Waals surface area contributed by atoms with Gasteiger partial charge in [0.1, 0.15) is 11.4 Å². The second kappa shape index (κ2) is 9.02. The first-order valence-corrected chi connectivity index (χ1v) is 12.4. The quantitative estimate of drug-likeness (QED) is 0.549. The zero-order valence-corrected chi connectivity index (χ0v) is 19.4. The van der Waals surface area contributed by atoms with Crippen molar-refractivity contribution >= 4 is 22.6 Å². The van der Waals surface area contributed by atoms with Crippen molar-refractivity contribution in [3.05, 3.63) is 35.5 Å². The van der Waals surface area contributed by atoms with Crippen LogP contribution in [0, 0.1) is 11.8 Å². The van der Waals surface area contributed by atoms with Gasteiger partial charge < -0.3 is 10.4 Å². The second-order valence-corrected chi connectivity index (χ2v) is 10.6. The molecule has 3 aliphatic rings. The highest BCUT2D eigenvalue weighted by Crippen LogP contribution is 2.42. The van der Waals surface area contributed by atoms with Gasteiger partial charge in [-0.2, -0.15) is 13.2 Å². The number of piperidine rings is 1. The lowest BCUT2D eigenvalue weighted by Crippen LogP contribution is -2.44. The van der Waals surface area contributed by atoms with Crippen LogP contribution in [-0.4, -0.2) is 39.1 Å². The summed E-state index contributed by atoms with van der Waals surface area (Å²) in [7, 11) is 0. The molecule has 3 fully saturated rings. The third-order valence-corrected chi connectivity index (χ3v) is 8.19. The fourth-order valence-corrected chi connectivity index (χ4v) is 6.31. The second-order valence-electron chi connectivity index (χ2n) is 10.6. The first-order valence-electron chi connectivity index (χ1n) is 12.4. The van der Waals surface area contributed by atoms with Crippen molar-refractivity contribution in [1.29, 1.82) is 0 Å². The zero-order valence-electron chi connectivity index (χ0n) is 19.4. The number of halogens is 3. The van der Waals surface area contributed by atoms with Crippen LogP contribution in [0.25, 0.3) is 10.8 Å². The molecule has 1 aromatic carbocycles. The summed E-state index contributed by atoms with van der Waals surface area (Å²) < 4.78 is 42.4. The van der Waals surface area contributed by atoms with Gasteiger partial charge in [0.05, 0.1) is 5.92 Å². The lowest BCUT2D eigenvalue weighted by atomic mass is 9.87. The first-order chi connectivity index (χ1) is 16.2. The number of rotatable bonds is 5. The number of pyridine rings is 1. The molecule has 2 atom stereocenters. The average molecular weight is 476 g/mol. The topological polar surface area (TPSA) is 65.5 Å². The third-order valence-electron chi connectivity index (χ3n) is 8.19. The van der Waals surface area contributed by atoms with Crippen LogP contribution in [0.2, 0.25) is 0 Å². The molecule has 8 heteroatoms. The maximum atomic E-state index is 14.1. The van der Waals surface area contributed by atoms with E-state index in [1.165, 1.54) is 0 Å². The molecule has 1 saturated carbocycles. The molecule has 1 aliphatic carbocycles. The smallest absolute Gasteiger partial charge is 0.420 e. The lowest BCUT2D eigenvalue weighted by molar-refractivity contribution is -0.144. The molecule has 1 aromatic heterocycles. The standard InChI is InChI=1S/C26H32F3N3O2/c1-15-2-5-19(6-3-15)31-24-23(26(27,28)29)22-9-4-16(10-18(22)13-30-24)14-32-20-7-8-21(32)12-17(11-20)25(33)34/h4,9-10,13,15,17,19-21H,2-3,5-8,11-12,14H2,1H3,(H,30,31)(H,33,34). The van der Waals surface area contributed by atoms with Crippen molar-refractivity contribution < 1.29 is 23.1 Å². The molecule has 5 nitrogen and oxygen atoms in total. The summed E-state index contributed by atoms with van der Waals surface area (Å²) in [6, 6.07) is 5.65. The number of fused-ring (bicyclic) bond motifs is 3. The van der Waals surface area contributed by atoms with Crippen LogP contribution in [0.15, 0.2) is 24.4 Å². The molecule has 0 radical (unpaired) electrons. The number of carboxylic acid groups (broad SMARTS) is 1. The third kappa shape index (κ3) is 4.61. The Morgan fingerprint density at radius 2 is 1.79 bits per heavy atom. The van der Waals surface area contributed by atoms with E-state index in [1.54, 1.807) is 18.3 Å². The predicted molar refractivity (Wildman–Crippen MR) is 125 cm³/mol. The summed E-state index contributed by atoms with van der Waals surface area (Å²) in [6.45, 7) is 2.81. The fraction of sp³-hybridized carbons (Fsp3) is 0.615. The Hall–Kier alpha value is -2.35. The Morgan fingerprint density at radius 1 is 1.12 bits per heavy atom. The number of carbonyl (C=O) groups is 1. The summed E-state index contributed by atoms with van der Waals surface area (Å²) >= 11 is 0. The SMILES string of the molecule is CC1CCC(Nc2ncc3cc(CN4C5CCC4CC(C(=O)O)C5)ccc3c2C(F)(F)F)CC1. The molecule has 34 heavy (non-hydrogen) atoms. The number of benzene rings is 1. The minimum atomic E-state index is -4.50. The van der Waals surface area contributed by atoms with Crippen LogP contribution < -0.4 is 5.32 Å². The Bertz CT molecular complexity index is 1050. The van der Waals surface area contributed by atoms with Gasteiger partial charge in [0, 0.05) is 36.3 Å². The Kier molecular flexibility index (Phi) is 6.21. The van der Waals surface area contributed by atoms with Gasteiger partial charge >= 0.3 is 12.1 Å². The first kappa shape index (κ1) is 23.4. The average Bonchev–Trinajstić information content (AvgIpc) is 3.00. The van der Waals surface area contributed by atoms with E-state index >= 15 is 0 Å². The van der Waals surface area contributed by atoms with Gasteiger partial charge in [0.2, 0.25) is 0 Å². The number of nitrogens with one attached hydrogen (secondary N) is 1. The highest BCUT2D eigenvalue weighted by Gasteiger charge is 2.43. The molecule has 2 aliphatic heterocycles. The minimum Gasteiger partial charge on any atom is -0.481 e. The Morgan fingerprint density at radius 3 is 2.41 bits per heavy atom. The number of hydrogen-bond acceptors (Lipinski definition) is 4. The van der Waals surface area contributed by atoms with E-state index in [2.05, 4.69) is 22.1 Å². The van der Waals surface area contributed by atoms with E-state index in [-0.39, 0.29) is 35.2 Å².